The quantitative estimate of drug-likeness (QED) is 0.0497. The van der Waals surface area contributed by atoms with Crippen molar-refractivity contribution in [2.24, 2.45) is 14.1 Å². The molecule has 62 heavy (non-hydrogen) atoms. The van der Waals surface area contributed by atoms with Crippen molar-refractivity contribution in [3.05, 3.63) is 128 Å². The van der Waals surface area contributed by atoms with Crippen molar-refractivity contribution in [3.8, 4) is 34.6 Å². The van der Waals surface area contributed by atoms with Crippen LogP contribution in [0.4, 0.5) is 0 Å². The fourth-order valence-corrected chi connectivity index (χ4v) is 7.21. The molecular weight excluding hydrogens is 831 g/mol. The predicted octanol–water partition coefficient (Wildman–Crippen LogP) is 8.69. The third kappa shape index (κ3) is 12.7. The van der Waals surface area contributed by atoms with Gasteiger partial charge in [-0.2, -0.15) is 20.2 Å². The lowest BCUT2D eigenvalue weighted by Gasteiger charge is -2.18. The number of ether oxygens (including phenoxy) is 4. The average Bonchev–Trinajstić information content (AvgIpc) is 3.88. The van der Waals surface area contributed by atoms with Crippen LogP contribution in [0.25, 0.3) is 11.1 Å². The van der Waals surface area contributed by atoms with Gasteiger partial charge in [0.2, 0.25) is 23.5 Å². The number of aromatic nitrogens is 6. The van der Waals surface area contributed by atoms with E-state index >= 15 is 0 Å². The summed E-state index contributed by atoms with van der Waals surface area (Å²) in [4.78, 5) is 20.4. The van der Waals surface area contributed by atoms with Crippen LogP contribution in [0.3, 0.4) is 0 Å². The topological polar surface area (TPSA) is 160 Å². The van der Waals surface area contributed by atoms with Gasteiger partial charge in [0, 0.05) is 68.3 Å². The zero-order valence-electron chi connectivity index (χ0n) is 35.8. The first kappa shape index (κ1) is 45.8. The maximum absolute atomic E-state index is 11.0. The summed E-state index contributed by atoms with van der Waals surface area (Å²) in [6.07, 6.45) is 10.0. The van der Waals surface area contributed by atoms with E-state index < -0.39 is 5.97 Å². The molecule has 0 amide bonds. The Balaban J connectivity index is 1.16. The number of benzene rings is 2. The highest BCUT2D eigenvalue weighted by Gasteiger charge is 2.18. The SMILES string of the molecule is CCCCNCc1cc(Cl)c(OCc2cccc(-c3cccc(COc4nc(OCc5cnn(C)c5)c(CNCCCC(=O)O)cc4Cl)c3C)c2C)nc1OCc1cnn(C)c1. The minimum absolute atomic E-state index is 0.0780. The van der Waals surface area contributed by atoms with Crippen LogP contribution in [0.1, 0.15) is 77.1 Å². The van der Waals surface area contributed by atoms with Gasteiger partial charge in [0.05, 0.1) is 12.4 Å². The molecule has 16 heteroatoms. The number of rotatable bonds is 24. The number of hydrogen-bond donors (Lipinski definition) is 3. The number of pyridine rings is 2. The lowest BCUT2D eigenvalue weighted by molar-refractivity contribution is -0.137. The van der Waals surface area contributed by atoms with Gasteiger partial charge in [-0.3, -0.25) is 14.2 Å². The normalized spacial score (nSPS) is 11.2. The molecule has 0 spiro atoms. The summed E-state index contributed by atoms with van der Waals surface area (Å²) in [6, 6.07) is 15.9. The molecule has 0 atom stereocenters. The standard InChI is InChI=1S/C46H54Cl2N8O6/c1-6-7-16-49-22-36-18-40(47)45(53-43(36)59-26-32-20-51-55(4)24-32)61-28-34-11-8-13-38(30(34)2)39-14-9-12-35(31(39)3)29-62-46-41(48)19-37(23-50-17-10-15-42(57)58)44(54-46)60-27-33-21-52-56(5)25-33/h8-9,11-14,18-21,24-25,49-50H,6-7,10,15-17,22-23,26-29H2,1-5H3,(H,57,58). The Hall–Kier alpha value is -5.67. The van der Waals surface area contributed by atoms with Crippen molar-refractivity contribution in [3.63, 3.8) is 0 Å². The van der Waals surface area contributed by atoms with E-state index in [-0.39, 0.29) is 32.1 Å². The predicted molar refractivity (Wildman–Crippen MR) is 239 cm³/mol. The van der Waals surface area contributed by atoms with Crippen molar-refractivity contribution in [2.75, 3.05) is 13.1 Å². The second-order valence-electron chi connectivity index (χ2n) is 15.1. The highest BCUT2D eigenvalue weighted by molar-refractivity contribution is 6.32. The number of hydrogen-bond acceptors (Lipinski definition) is 11. The Labute approximate surface area is 372 Å². The molecule has 0 saturated heterocycles. The summed E-state index contributed by atoms with van der Waals surface area (Å²) in [5.74, 6) is 0.517. The number of nitrogens with zero attached hydrogens (tertiary/aromatic N) is 6. The van der Waals surface area contributed by atoms with E-state index in [4.69, 9.17) is 57.2 Å². The molecule has 4 heterocycles. The summed E-state index contributed by atoms with van der Waals surface area (Å²) in [5.41, 5.74) is 9.53. The van der Waals surface area contributed by atoms with Crippen LogP contribution < -0.4 is 29.6 Å². The van der Waals surface area contributed by atoms with E-state index in [0.29, 0.717) is 60.3 Å². The molecule has 0 bridgehead atoms. The molecule has 0 radical (unpaired) electrons. The lowest BCUT2D eigenvalue weighted by atomic mass is 9.92. The number of carbonyl (C=O) groups is 1. The summed E-state index contributed by atoms with van der Waals surface area (Å²) in [7, 11) is 3.71. The molecule has 14 nitrogen and oxygen atoms in total. The van der Waals surface area contributed by atoms with E-state index in [1.54, 1.807) is 27.8 Å². The molecule has 0 fully saturated rings. The molecule has 0 aliphatic heterocycles. The van der Waals surface area contributed by atoms with Crippen LogP contribution in [0.2, 0.25) is 10.0 Å². The Bertz CT molecular complexity index is 2440. The molecular formula is C46H54Cl2N8O6. The molecule has 0 aliphatic rings. The summed E-state index contributed by atoms with van der Waals surface area (Å²) >= 11 is 13.5. The number of unbranched alkanes of at least 4 members (excludes halogenated alkanes) is 1. The molecule has 4 aromatic heterocycles. The van der Waals surface area contributed by atoms with Gasteiger partial charge in [-0.15, -0.1) is 0 Å². The third-order valence-corrected chi connectivity index (χ3v) is 10.8. The molecule has 0 aliphatic carbocycles. The van der Waals surface area contributed by atoms with Crippen LogP contribution in [0.5, 0.6) is 23.5 Å². The van der Waals surface area contributed by atoms with Gasteiger partial charge < -0.3 is 34.7 Å². The molecule has 6 aromatic rings. The van der Waals surface area contributed by atoms with Gasteiger partial charge in [-0.05, 0) is 85.3 Å². The molecule has 3 N–H and O–H groups in total. The average molecular weight is 886 g/mol. The largest absolute Gasteiger partial charge is 0.481 e. The van der Waals surface area contributed by atoms with Crippen LogP contribution in [-0.4, -0.2) is 53.7 Å². The number of aryl methyl sites for hydroxylation is 2. The number of nitrogens with one attached hydrogen (secondary N) is 2. The van der Waals surface area contributed by atoms with Gasteiger partial charge in [0.25, 0.3) is 0 Å². The van der Waals surface area contributed by atoms with Crippen molar-refractivity contribution < 1.29 is 28.8 Å². The van der Waals surface area contributed by atoms with Crippen molar-refractivity contribution in [1.29, 1.82) is 0 Å². The van der Waals surface area contributed by atoms with Crippen LogP contribution in [-0.2, 0) is 58.4 Å². The van der Waals surface area contributed by atoms with Crippen molar-refractivity contribution in [1.82, 2.24) is 40.2 Å². The van der Waals surface area contributed by atoms with E-state index in [1.807, 2.05) is 56.8 Å². The summed E-state index contributed by atoms with van der Waals surface area (Å²) in [6.45, 7) is 9.65. The summed E-state index contributed by atoms with van der Waals surface area (Å²) < 4.78 is 28.4. The van der Waals surface area contributed by atoms with Gasteiger partial charge in [-0.25, -0.2) is 0 Å². The minimum atomic E-state index is -0.835. The first-order valence-corrected chi connectivity index (χ1v) is 21.4. The Morgan fingerprint density at radius 2 is 1.11 bits per heavy atom. The molecule has 6 rings (SSSR count). The van der Waals surface area contributed by atoms with Crippen molar-refractivity contribution >= 4 is 29.2 Å². The number of halogens is 2. The maximum Gasteiger partial charge on any atom is 0.303 e. The van der Waals surface area contributed by atoms with Gasteiger partial charge >= 0.3 is 5.97 Å². The highest BCUT2D eigenvalue weighted by atomic mass is 35.5. The van der Waals surface area contributed by atoms with Gasteiger partial charge in [-0.1, -0.05) is 72.9 Å². The second kappa shape index (κ2) is 22.4. The van der Waals surface area contributed by atoms with E-state index in [2.05, 4.69) is 53.7 Å². The number of aliphatic carboxylic acids is 1. The zero-order chi connectivity index (χ0) is 44.0. The first-order valence-electron chi connectivity index (χ1n) is 20.6. The highest BCUT2D eigenvalue weighted by Crippen LogP contribution is 2.35. The second-order valence-corrected chi connectivity index (χ2v) is 15.9. The smallest absolute Gasteiger partial charge is 0.303 e. The fraction of sp³-hybridized carbons (Fsp3) is 0.370. The van der Waals surface area contributed by atoms with Gasteiger partial charge in [0.1, 0.15) is 36.5 Å². The molecule has 328 valence electrons. The van der Waals surface area contributed by atoms with E-state index in [0.717, 1.165) is 75.0 Å². The Kier molecular flexibility index (Phi) is 16.6. The zero-order valence-corrected chi connectivity index (χ0v) is 37.4. The first-order chi connectivity index (χ1) is 30.0. The van der Waals surface area contributed by atoms with Crippen molar-refractivity contribution in [2.45, 2.75) is 86.0 Å². The van der Waals surface area contributed by atoms with Crippen LogP contribution >= 0.6 is 23.2 Å². The van der Waals surface area contributed by atoms with E-state index in [1.165, 1.54) is 0 Å². The van der Waals surface area contributed by atoms with Gasteiger partial charge in [0.15, 0.2) is 0 Å². The van der Waals surface area contributed by atoms with Crippen LogP contribution in [0.15, 0.2) is 73.3 Å². The summed E-state index contributed by atoms with van der Waals surface area (Å²) in [5, 5.41) is 24.9. The van der Waals surface area contributed by atoms with Crippen LogP contribution in [0, 0.1) is 13.8 Å². The Morgan fingerprint density at radius 3 is 1.53 bits per heavy atom. The minimum Gasteiger partial charge on any atom is -0.481 e. The fourth-order valence-electron chi connectivity index (χ4n) is 6.76. The number of carboxylic acid groups (broad SMARTS) is 1. The molecule has 0 unspecified atom stereocenters. The monoisotopic (exact) mass is 884 g/mol. The number of carboxylic acids is 1. The maximum atomic E-state index is 11.0. The third-order valence-electron chi connectivity index (χ3n) is 10.2. The van der Waals surface area contributed by atoms with E-state index in [9.17, 15) is 4.79 Å². The molecule has 2 aromatic carbocycles. The Morgan fingerprint density at radius 1 is 0.661 bits per heavy atom. The molecule has 0 saturated carbocycles. The lowest BCUT2D eigenvalue weighted by Crippen LogP contribution is -2.17.